The Hall–Kier alpha value is -1.06. The Kier molecular flexibility index (Phi) is 5.44. The molecule has 1 aromatic carbocycles. The Bertz CT molecular complexity index is 431. The first-order valence-electron chi connectivity index (χ1n) is 7.74. The van der Waals surface area contributed by atoms with Crippen LogP contribution < -0.4 is 10.5 Å². The fourth-order valence-corrected chi connectivity index (χ4v) is 2.83. The molecule has 1 heterocycles. The predicted octanol–water partition coefficient (Wildman–Crippen LogP) is 2.74. The maximum atomic E-state index is 5.97. The summed E-state index contributed by atoms with van der Waals surface area (Å²) in [4.78, 5) is 2.51. The number of nitrogens with zero attached hydrogens (tertiary/aromatic N) is 1. The molecular formula is C17H28N2O. The first kappa shape index (κ1) is 15.3. The zero-order valence-corrected chi connectivity index (χ0v) is 13.1. The molecule has 1 aromatic rings. The summed E-state index contributed by atoms with van der Waals surface area (Å²) in [5.41, 5.74) is 8.44. The van der Waals surface area contributed by atoms with Crippen molar-refractivity contribution in [3.8, 4) is 5.75 Å². The molecule has 1 saturated heterocycles. The van der Waals surface area contributed by atoms with Gasteiger partial charge < -0.3 is 15.4 Å². The molecule has 2 N–H and O–H groups in total. The average Bonchev–Trinajstić information content (AvgIpc) is 2.87. The molecule has 3 heteroatoms. The van der Waals surface area contributed by atoms with E-state index < -0.39 is 0 Å². The zero-order chi connectivity index (χ0) is 14.5. The molecule has 2 unspecified atom stereocenters. The van der Waals surface area contributed by atoms with Crippen molar-refractivity contribution < 1.29 is 4.74 Å². The van der Waals surface area contributed by atoms with Crippen LogP contribution in [-0.2, 0) is 0 Å². The number of likely N-dealkylation sites (tertiary alicyclic amines) is 1. The molecule has 2 rings (SSSR count). The van der Waals surface area contributed by atoms with Gasteiger partial charge in [0.2, 0.25) is 0 Å². The summed E-state index contributed by atoms with van der Waals surface area (Å²) in [5.74, 6) is 1.70. The van der Waals surface area contributed by atoms with E-state index in [1.165, 1.54) is 24.1 Å². The molecule has 112 valence electrons. The lowest BCUT2D eigenvalue weighted by atomic mass is 10.0. The van der Waals surface area contributed by atoms with E-state index in [2.05, 4.69) is 43.9 Å². The highest BCUT2D eigenvalue weighted by atomic mass is 16.5. The van der Waals surface area contributed by atoms with E-state index in [0.717, 1.165) is 31.9 Å². The minimum absolute atomic E-state index is 0.325. The zero-order valence-electron chi connectivity index (χ0n) is 13.1. The summed E-state index contributed by atoms with van der Waals surface area (Å²) >= 11 is 0. The second-order valence-corrected chi connectivity index (χ2v) is 6.18. The number of rotatable bonds is 6. The molecule has 1 fully saturated rings. The van der Waals surface area contributed by atoms with Crippen LogP contribution in [0, 0.1) is 19.8 Å². The van der Waals surface area contributed by atoms with Crippen molar-refractivity contribution in [1.29, 1.82) is 0 Å². The van der Waals surface area contributed by atoms with Crippen LogP contribution >= 0.6 is 0 Å². The van der Waals surface area contributed by atoms with Gasteiger partial charge in [0.05, 0.1) is 6.61 Å². The smallest absolute Gasteiger partial charge is 0.122 e. The highest BCUT2D eigenvalue weighted by Crippen LogP contribution is 2.20. The molecule has 0 saturated carbocycles. The molecule has 0 spiro atoms. The quantitative estimate of drug-likeness (QED) is 0.812. The van der Waals surface area contributed by atoms with Gasteiger partial charge in [0.1, 0.15) is 5.75 Å². The van der Waals surface area contributed by atoms with Crippen molar-refractivity contribution in [1.82, 2.24) is 4.90 Å². The van der Waals surface area contributed by atoms with Gasteiger partial charge in [-0.2, -0.15) is 0 Å². The van der Waals surface area contributed by atoms with E-state index in [0.29, 0.717) is 12.0 Å². The number of ether oxygens (including phenoxy) is 1. The van der Waals surface area contributed by atoms with Gasteiger partial charge in [-0.1, -0.05) is 12.1 Å². The van der Waals surface area contributed by atoms with Crippen molar-refractivity contribution >= 4 is 0 Å². The molecule has 1 aliphatic heterocycles. The molecule has 0 aromatic heterocycles. The van der Waals surface area contributed by atoms with E-state index in [9.17, 15) is 0 Å². The fraction of sp³-hybridized carbons (Fsp3) is 0.647. The highest BCUT2D eigenvalue weighted by Gasteiger charge is 2.24. The van der Waals surface area contributed by atoms with Gasteiger partial charge in [0, 0.05) is 19.1 Å². The lowest BCUT2D eigenvalue weighted by Crippen LogP contribution is -2.30. The van der Waals surface area contributed by atoms with Crippen molar-refractivity contribution in [3.05, 3.63) is 29.3 Å². The van der Waals surface area contributed by atoms with Gasteiger partial charge in [-0.25, -0.2) is 0 Å². The maximum Gasteiger partial charge on any atom is 0.122 e. The summed E-state index contributed by atoms with van der Waals surface area (Å²) in [7, 11) is 0. The van der Waals surface area contributed by atoms with Crippen molar-refractivity contribution in [2.45, 2.75) is 39.7 Å². The number of aryl methyl sites for hydroxylation is 2. The van der Waals surface area contributed by atoms with E-state index in [4.69, 9.17) is 10.5 Å². The molecule has 0 aliphatic carbocycles. The van der Waals surface area contributed by atoms with Crippen LogP contribution in [-0.4, -0.2) is 37.2 Å². The van der Waals surface area contributed by atoms with Gasteiger partial charge in [0.15, 0.2) is 0 Å². The van der Waals surface area contributed by atoms with E-state index in [-0.39, 0.29) is 0 Å². The van der Waals surface area contributed by atoms with Crippen LogP contribution in [0.3, 0.4) is 0 Å². The van der Waals surface area contributed by atoms with Crippen molar-refractivity contribution in [2.75, 3.05) is 26.2 Å². The highest BCUT2D eigenvalue weighted by molar-refractivity contribution is 5.35. The van der Waals surface area contributed by atoms with Crippen LogP contribution in [0.2, 0.25) is 0 Å². The number of benzene rings is 1. The van der Waals surface area contributed by atoms with Gasteiger partial charge >= 0.3 is 0 Å². The molecular weight excluding hydrogens is 248 g/mol. The Balaban J connectivity index is 1.68. The molecule has 20 heavy (non-hydrogen) atoms. The number of hydrogen-bond donors (Lipinski definition) is 1. The summed E-state index contributed by atoms with van der Waals surface area (Å²) in [5, 5.41) is 0. The lowest BCUT2D eigenvalue weighted by molar-refractivity contribution is 0.255. The van der Waals surface area contributed by atoms with Gasteiger partial charge in [-0.15, -0.1) is 0 Å². The molecule has 1 aliphatic rings. The molecule has 0 amide bonds. The molecule has 0 bridgehead atoms. The number of hydrogen-bond acceptors (Lipinski definition) is 3. The summed E-state index contributed by atoms with van der Waals surface area (Å²) < 4.78 is 5.90. The van der Waals surface area contributed by atoms with Gasteiger partial charge in [-0.3, -0.25) is 0 Å². The monoisotopic (exact) mass is 276 g/mol. The van der Waals surface area contributed by atoms with E-state index in [1.54, 1.807) is 0 Å². The number of nitrogens with two attached hydrogens (primary N) is 1. The van der Waals surface area contributed by atoms with Crippen LogP contribution in [0.4, 0.5) is 0 Å². The maximum absolute atomic E-state index is 5.97. The van der Waals surface area contributed by atoms with E-state index >= 15 is 0 Å². The third-order valence-corrected chi connectivity index (χ3v) is 4.27. The first-order valence-corrected chi connectivity index (χ1v) is 7.74. The van der Waals surface area contributed by atoms with Gasteiger partial charge in [-0.05, 0) is 63.3 Å². The Morgan fingerprint density at radius 3 is 2.90 bits per heavy atom. The Labute approximate surface area is 123 Å². The standard InChI is InChI=1S/C17H28N2O/c1-13-5-6-14(2)17(11-13)20-10-4-8-19-9-7-16(12-19)15(3)18/h5-6,11,15-16H,4,7-10,12,18H2,1-3H3. The van der Waals surface area contributed by atoms with Crippen molar-refractivity contribution in [3.63, 3.8) is 0 Å². The van der Waals surface area contributed by atoms with E-state index in [1.807, 2.05) is 0 Å². The van der Waals surface area contributed by atoms with Crippen LogP contribution in [0.5, 0.6) is 5.75 Å². The topological polar surface area (TPSA) is 38.5 Å². The first-order chi connectivity index (χ1) is 9.56. The van der Waals surface area contributed by atoms with Crippen LogP contribution in [0.15, 0.2) is 18.2 Å². The second-order valence-electron chi connectivity index (χ2n) is 6.18. The largest absolute Gasteiger partial charge is 0.493 e. The minimum Gasteiger partial charge on any atom is -0.493 e. The summed E-state index contributed by atoms with van der Waals surface area (Å²) in [6, 6.07) is 6.70. The Morgan fingerprint density at radius 1 is 1.40 bits per heavy atom. The average molecular weight is 276 g/mol. The third kappa shape index (κ3) is 4.22. The predicted molar refractivity (Wildman–Crippen MR) is 84.2 cm³/mol. The third-order valence-electron chi connectivity index (χ3n) is 4.27. The Morgan fingerprint density at radius 2 is 2.20 bits per heavy atom. The summed E-state index contributed by atoms with van der Waals surface area (Å²) in [6.07, 6.45) is 2.33. The summed E-state index contributed by atoms with van der Waals surface area (Å²) in [6.45, 7) is 10.6. The van der Waals surface area contributed by atoms with Crippen molar-refractivity contribution in [2.24, 2.45) is 11.7 Å². The second kappa shape index (κ2) is 7.09. The fourth-order valence-electron chi connectivity index (χ4n) is 2.83. The SMILES string of the molecule is Cc1ccc(C)c(OCCCN2CCC(C(C)N)C2)c1. The molecule has 3 nitrogen and oxygen atoms in total. The minimum atomic E-state index is 0.325. The molecule has 2 atom stereocenters. The lowest BCUT2D eigenvalue weighted by Gasteiger charge is -2.18. The molecule has 0 radical (unpaired) electrons. The van der Waals surface area contributed by atoms with Crippen LogP contribution in [0.25, 0.3) is 0 Å². The van der Waals surface area contributed by atoms with Crippen LogP contribution in [0.1, 0.15) is 30.9 Å². The van der Waals surface area contributed by atoms with Gasteiger partial charge in [0.25, 0.3) is 0 Å². The normalized spacial score (nSPS) is 21.1.